The number of halogens is 4. The summed E-state index contributed by atoms with van der Waals surface area (Å²) in [4.78, 5) is 26.4. The highest BCUT2D eigenvalue weighted by atomic mass is 35.5. The van der Waals surface area contributed by atoms with Gasteiger partial charge in [-0.25, -0.2) is 4.98 Å². The first kappa shape index (κ1) is 25.2. The molecule has 0 saturated heterocycles. The first-order valence-electron chi connectivity index (χ1n) is 10.9. The Hall–Kier alpha value is -3.92. The molecule has 7 nitrogen and oxygen atoms in total. The molecular weight excluding hydrogens is 497 g/mol. The normalized spacial score (nSPS) is 12.4. The van der Waals surface area contributed by atoms with Crippen molar-refractivity contribution in [3.63, 3.8) is 0 Å². The summed E-state index contributed by atoms with van der Waals surface area (Å²) >= 11 is 6.20. The molecule has 1 N–H and O–H groups in total. The van der Waals surface area contributed by atoms with E-state index < -0.39 is 12.3 Å². The van der Waals surface area contributed by atoms with Gasteiger partial charge in [-0.1, -0.05) is 29.8 Å². The molecule has 1 amide bonds. The molecule has 0 bridgehead atoms. The molecular formula is C25H20ClF3N4O3. The van der Waals surface area contributed by atoms with Crippen LogP contribution in [0, 0.1) is 4.91 Å². The van der Waals surface area contributed by atoms with Crippen molar-refractivity contribution in [2.45, 2.75) is 32.2 Å². The maximum atomic E-state index is 12.5. The number of hydrogen-bond donors (Lipinski definition) is 1. The van der Waals surface area contributed by atoms with Crippen molar-refractivity contribution in [2.24, 2.45) is 5.18 Å². The van der Waals surface area contributed by atoms with Gasteiger partial charge in [0.2, 0.25) is 5.95 Å². The van der Waals surface area contributed by atoms with Crippen LogP contribution < -0.4 is 10.1 Å². The van der Waals surface area contributed by atoms with E-state index >= 15 is 0 Å². The lowest BCUT2D eigenvalue weighted by atomic mass is 10.1. The van der Waals surface area contributed by atoms with Gasteiger partial charge in [0, 0.05) is 22.3 Å². The largest absolute Gasteiger partial charge is 0.573 e. The number of benzene rings is 3. The van der Waals surface area contributed by atoms with Gasteiger partial charge in [-0.05, 0) is 73.0 Å². The van der Waals surface area contributed by atoms with Crippen LogP contribution in [0.15, 0.2) is 71.9 Å². The summed E-state index contributed by atoms with van der Waals surface area (Å²) < 4.78 is 43.4. The van der Waals surface area contributed by atoms with Crippen LogP contribution >= 0.6 is 11.6 Å². The van der Waals surface area contributed by atoms with Gasteiger partial charge in [0.25, 0.3) is 5.91 Å². The minimum Gasteiger partial charge on any atom is -0.406 e. The fraction of sp³-hybridized carbons (Fsp3) is 0.200. The lowest BCUT2D eigenvalue weighted by Crippen LogP contribution is -2.17. The van der Waals surface area contributed by atoms with Crippen LogP contribution in [0.5, 0.6) is 5.75 Å². The second kappa shape index (κ2) is 10.4. The summed E-state index contributed by atoms with van der Waals surface area (Å²) in [6.45, 7) is 1.97. The van der Waals surface area contributed by atoms with E-state index in [1.165, 1.54) is 24.3 Å². The highest BCUT2D eigenvalue weighted by Gasteiger charge is 2.31. The quantitative estimate of drug-likeness (QED) is 0.251. The number of fused-ring (bicyclic) bond motifs is 1. The number of amides is 1. The number of aromatic nitrogens is 2. The van der Waals surface area contributed by atoms with Gasteiger partial charge in [-0.2, -0.15) is 0 Å². The molecule has 1 heterocycles. The fourth-order valence-corrected chi connectivity index (χ4v) is 4.06. The number of ether oxygens (including phenoxy) is 1. The fourth-order valence-electron chi connectivity index (χ4n) is 3.86. The molecule has 186 valence electrons. The van der Waals surface area contributed by atoms with Gasteiger partial charge in [0.05, 0.1) is 17.1 Å². The van der Waals surface area contributed by atoms with Gasteiger partial charge in [-0.15, -0.1) is 18.1 Å². The molecule has 0 aliphatic carbocycles. The second-order valence-electron chi connectivity index (χ2n) is 8.04. The van der Waals surface area contributed by atoms with E-state index in [9.17, 15) is 22.9 Å². The average molecular weight is 517 g/mol. The molecule has 0 unspecified atom stereocenters. The lowest BCUT2D eigenvalue weighted by Gasteiger charge is -2.19. The van der Waals surface area contributed by atoms with E-state index in [-0.39, 0.29) is 18.2 Å². The third-order valence-corrected chi connectivity index (χ3v) is 5.78. The molecule has 0 radical (unpaired) electrons. The Balaban J connectivity index is 1.71. The molecule has 36 heavy (non-hydrogen) atoms. The molecule has 4 aromatic rings. The van der Waals surface area contributed by atoms with E-state index in [4.69, 9.17) is 16.6 Å². The molecule has 11 heteroatoms. The number of hydrogen-bond acceptors (Lipinski definition) is 5. The first-order valence-corrected chi connectivity index (χ1v) is 11.3. The number of nitrogens with zero attached hydrogens (tertiary/aromatic N) is 3. The number of imidazole rings is 1. The minimum atomic E-state index is -4.78. The van der Waals surface area contributed by atoms with Gasteiger partial charge in [0.1, 0.15) is 5.75 Å². The molecule has 3 aromatic carbocycles. The van der Waals surface area contributed by atoms with Crippen molar-refractivity contribution < 1.29 is 22.7 Å². The van der Waals surface area contributed by atoms with Crippen molar-refractivity contribution >= 4 is 40.2 Å². The zero-order valence-electron chi connectivity index (χ0n) is 18.9. The maximum Gasteiger partial charge on any atom is 0.573 e. The average Bonchev–Trinajstić information content (AvgIpc) is 3.19. The Bertz CT molecular complexity index is 1400. The number of aryl methyl sites for hydroxylation is 1. The van der Waals surface area contributed by atoms with Gasteiger partial charge in [-0.3, -0.25) is 4.79 Å². The summed E-state index contributed by atoms with van der Waals surface area (Å²) in [5, 5.41) is 6.17. The van der Waals surface area contributed by atoms with Crippen LogP contribution in [-0.2, 0) is 11.2 Å². The molecule has 4 rings (SSSR count). The number of carbonyl (C=O) groups is 1. The predicted octanol–water partition coefficient (Wildman–Crippen LogP) is 7.17. The van der Waals surface area contributed by atoms with Crippen LogP contribution in [0.1, 0.15) is 30.5 Å². The molecule has 1 atom stereocenters. The number of nitroso groups, excluding NO2 is 1. The maximum absolute atomic E-state index is 12.5. The summed E-state index contributed by atoms with van der Waals surface area (Å²) in [5.41, 5.74) is 3.64. The molecule has 0 aliphatic heterocycles. The number of rotatable bonds is 8. The zero-order valence-corrected chi connectivity index (χ0v) is 19.7. The number of carbonyl (C=O) groups excluding carboxylic acids is 1. The highest BCUT2D eigenvalue weighted by molar-refractivity contribution is 6.30. The van der Waals surface area contributed by atoms with Gasteiger partial charge < -0.3 is 14.6 Å². The summed E-state index contributed by atoms with van der Waals surface area (Å²) in [6.07, 6.45) is -4.45. The van der Waals surface area contributed by atoms with E-state index in [0.717, 1.165) is 16.6 Å². The topological polar surface area (TPSA) is 85.6 Å². The number of alkyl halides is 3. The Kier molecular flexibility index (Phi) is 7.25. The van der Waals surface area contributed by atoms with Crippen LogP contribution in [0.2, 0.25) is 5.02 Å². The molecule has 0 saturated carbocycles. The van der Waals surface area contributed by atoms with E-state index in [2.05, 4.69) is 15.2 Å². The molecule has 0 fully saturated rings. The van der Waals surface area contributed by atoms with Crippen molar-refractivity contribution in [3.8, 4) is 5.75 Å². The van der Waals surface area contributed by atoms with Crippen LogP contribution in [-0.4, -0.2) is 21.8 Å². The Morgan fingerprint density at radius 2 is 1.89 bits per heavy atom. The Morgan fingerprint density at radius 1 is 1.14 bits per heavy atom. The lowest BCUT2D eigenvalue weighted by molar-refractivity contribution is -0.274. The SMILES string of the molecule is C[C@H](c1cccc(Cl)c1)n1c(Nc2ccc(OC(F)(F)F)cc2)nc2cc(CCC(=O)N=O)ccc21. The van der Waals surface area contributed by atoms with Gasteiger partial charge in [0.15, 0.2) is 0 Å². The summed E-state index contributed by atoms with van der Waals surface area (Å²) in [6, 6.07) is 18.0. The van der Waals surface area contributed by atoms with E-state index in [0.29, 0.717) is 28.6 Å². The third-order valence-electron chi connectivity index (χ3n) is 5.55. The third kappa shape index (κ3) is 6.01. The number of nitrogens with one attached hydrogen (secondary N) is 1. The number of anilines is 2. The van der Waals surface area contributed by atoms with Crippen molar-refractivity contribution in [1.29, 1.82) is 0 Å². The monoisotopic (exact) mass is 516 g/mol. The van der Waals surface area contributed by atoms with Crippen LogP contribution in [0.25, 0.3) is 11.0 Å². The van der Waals surface area contributed by atoms with E-state index in [1.54, 1.807) is 6.07 Å². The second-order valence-corrected chi connectivity index (χ2v) is 8.48. The molecule has 1 aromatic heterocycles. The van der Waals surface area contributed by atoms with E-state index in [1.807, 2.05) is 47.9 Å². The smallest absolute Gasteiger partial charge is 0.406 e. The van der Waals surface area contributed by atoms with Crippen LogP contribution in [0.3, 0.4) is 0 Å². The Morgan fingerprint density at radius 3 is 2.56 bits per heavy atom. The molecule has 0 aliphatic rings. The predicted molar refractivity (Wildman–Crippen MR) is 131 cm³/mol. The minimum absolute atomic E-state index is 0.00785. The van der Waals surface area contributed by atoms with Gasteiger partial charge >= 0.3 is 6.36 Å². The first-order chi connectivity index (χ1) is 17.1. The summed E-state index contributed by atoms with van der Waals surface area (Å²) in [5.74, 6) is -0.613. The van der Waals surface area contributed by atoms with Crippen molar-refractivity contribution in [2.75, 3.05) is 5.32 Å². The standard InChI is InChI=1S/C25H20ClF3N4O3/c1-15(17-3-2-4-18(26)14-17)33-22-11-5-16(6-12-23(34)32-35)13-21(22)31-24(33)30-19-7-9-20(10-8-19)36-25(27,28)29/h2-5,7-11,13-15H,6,12H2,1H3,(H,30,31)/t15-/m1/s1. The Labute approximate surface area is 208 Å². The summed E-state index contributed by atoms with van der Waals surface area (Å²) in [7, 11) is 0. The highest BCUT2D eigenvalue weighted by Crippen LogP contribution is 2.32. The zero-order chi connectivity index (χ0) is 25.9. The van der Waals surface area contributed by atoms with Crippen LogP contribution in [0.4, 0.5) is 24.8 Å². The van der Waals surface area contributed by atoms with Crippen molar-refractivity contribution in [3.05, 3.63) is 87.8 Å². The molecule has 0 spiro atoms. The van der Waals surface area contributed by atoms with Crippen molar-refractivity contribution in [1.82, 2.24) is 9.55 Å².